The average molecular weight is 619 g/mol. The van der Waals surface area contributed by atoms with Gasteiger partial charge in [-0.05, 0) is 73.2 Å². The monoisotopic (exact) mass is 618 g/mol. The van der Waals surface area contributed by atoms with E-state index < -0.39 is 10.0 Å². The van der Waals surface area contributed by atoms with Crippen LogP contribution in [0.2, 0.25) is 0 Å². The van der Waals surface area contributed by atoms with Crippen molar-refractivity contribution in [1.82, 2.24) is 29.6 Å². The fraction of sp³-hybridized carbons (Fsp3) is 0.438. The van der Waals surface area contributed by atoms with Crippen molar-refractivity contribution in [1.29, 1.82) is 0 Å². The van der Waals surface area contributed by atoms with Crippen LogP contribution >= 0.6 is 0 Å². The highest BCUT2D eigenvalue weighted by Crippen LogP contribution is 2.36. The number of sulfonamides is 1. The van der Waals surface area contributed by atoms with Crippen LogP contribution in [-0.4, -0.2) is 70.5 Å². The van der Waals surface area contributed by atoms with Crippen molar-refractivity contribution in [2.24, 2.45) is 0 Å². The number of nitrogens with zero attached hydrogens (tertiary/aromatic N) is 5. The number of aryl methyl sites for hydroxylation is 3. The molecule has 2 atom stereocenters. The molecule has 0 spiro atoms. The van der Waals surface area contributed by atoms with Crippen LogP contribution in [0.4, 0.5) is 0 Å². The predicted molar refractivity (Wildman–Crippen MR) is 165 cm³/mol. The van der Waals surface area contributed by atoms with Crippen molar-refractivity contribution in [3.8, 4) is 5.88 Å². The molecule has 0 radical (unpaired) electrons. The number of benzene rings is 2. The Labute approximate surface area is 257 Å². The molecule has 4 aromatic rings. The molecule has 1 saturated heterocycles. The molecule has 0 saturated carbocycles. The minimum absolute atomic E-state index is 0.0177. The standard InChI is InChI=1S/C32H38N6O5S/c1-5-25-17-37(44(40,41)29-8-7-13-33-32(29)43-25)16-23-14-22(10-9-20(23)3)27(15-30(39)34-24-18-42-19-24)26-11-12-28-31(21(26)4)35-36-38(28)6-2/h7-14,24-25,27H,5-6,15-19H2,1-4H3,(H,34,39)/t25-,27?/m1/s1. The van der Waals surface area contributed by atoms with Crippen molar-refractivity contribution in [2.45, 2.75) is 76.6 Å². The lowest BCUT2D eigenvalue weighted by atomic mass is 9.84. The van der Waals surface area contributed by atoms with Crippen LogP contribution in [0.15, 0.2) is 53.6 Å². The van der Waals surface area contributed by atoms with Gasteiger partial charge in [-0.15, -0.1) is 5.10 Å². The molecule has 232 valence electrons. The summed E-state index contributed by atoms with van der Waals surface area (Å²) in [5, 5.41) is 11.8. The Morgan fingerprint density at radius 3 is 2.68 bits per heavy atom. The van der Waals surface area contributed by atoms with Crippen molar-refractivity contribution < 1.29 is 22.7 Å². The zero-order valence-electron chi connectivity index (χ0n) is 25.5. The van der Waals surface area contributed by atoms with Gasteiger partial charge in [0.1, 0.15) is 16.5 Å². The first-order valence-corrected chi connectivity index (χ1v) is 16.5. The summed E-state index contributed by atoms with van der Waals surface area (Å²) in [6.45, 7) is 10.1. The Morgan fingerprint density at radius 2 is 1.95 bits per heavy atom. The van der Waals surface area contributed by atoms with Crippen molar-refractivity contribution in [3.63, 3.8) is 0 Å². The highest BCUT2D eigenvalue weighted by atomic mass is 32.2. The lowest BCUT2D eigenvalue weighted by Crippen LogP contribution is -2.48. The summed E-state index contributed by atoms with van der Waals surface area (Å²) in [5.41, 5.74) is 6.45. The third-order valence-corrected chi connectivity index (χ3v) is 10.5. The van der Waals surface area contributed by atoms with E-state index in [4.69, 9.17) is 9.47 Å². The molecule has 11 nitrogen and oxygen atoms in total. The molecule has 2 aliphatic rings. The number of hydrogen-bond acceptors (Lipinski definition) is 8. The van der Waals surface area contributed by atoms with E-state index in [1.807, 2.05) is 56.6 Å². The van der Waals surface area contributed by atoms with Gasteiger partial charge < -0.3 is 14.8 Å². The Hall–Kier alpha value is -3.87. The second-order valence-corrected chi connectivity index (χ2v) is 13.5. The number of aromatic nitrogens is 4. The highest BCUT2D eigenvalue weighted by molar-refractivity contribution is 7.89. The smallest absolute Gasteiger partial charge is 0.248 e. The van der Waals surface area contributed by atoms with E-state index in [1.54, 1.807) is 18.3 Å². The molecule has 44 heavy (non-hydrogen) atoms. The highest BCUT2D eigenvalue weighted by Gasteiger charge is 2.35. The van der Waals surface area contributed by atoms with Gasteiger partial charge in [0.2, 0.25) is 21.8 Å². The maximum atomic E-state index is 13.8. The topological polar surface area (TPSA) is 129 Å². The SMILES string of the molecule is CC[C@@H]1CN(Cc2cc(C(CC(=O)NC3COC3)c3ccc4c(nnn4CC)c3C)ccc2C)S(=O)(=O)c2cccnc2O1. The molecule has 12 heteroatoms. The van der Waals surface area contributed by atoms with E-state index >= 15 is 0 Å². The summed E-state index contributed by atoms with van der Waals surface area (Å²) in [5.74, 6) is -0.214. The summed E-state index contributed by atoms with van der Waals surface area (Å²) < 4.78 is 42.3. The van der Waals surface area contributed by atoms with E-state index in [-0.39, 0.29) is 54.3 Å². The van der Waals surface area contributed by atoms with Crippen molar-refractivity contribution in [2.75, 3.05) is 19.8 Å². The molecule has 0 bridgehead atoms. The summed E-state index contributed by atoms with van der Waals surface area (Å²) in [6, 6.07) is 13.3. The fourth-order valence-electron chi connectivity index (χ4n) is 5.94. The van der Waals surface area contributed by atoms with Gasteiger partial charge in [-0.1, -0.05) is 36.4 Å². The van der Waals surface area contributed by atoms with Gasteiger partial charge in [0.25, 0.3) is 0 Å². The average Bonchev–Trinajstić information content (AvgIpc) is 3.38. The predicted octanol–water partition coefficient (Wildman–Crippen LogP) is 3.86. The van der Waals surface area contributed by atoms with Gasteiger partial charge >= 0.3 is 0 Å². The summed E-state index contributed by atoms with van der Waals surface area (Å²) in [6.07, 6.45) is 2.07. The summed E-state index contributed by atoms with van der Waals surface area (Å²) in [4.78, 5) is 17.6. The van der Waals surface area contributed by atoms with E-state index in [9.17, 15) is 13.2 Å². The molecule has 4 heterocycles. The largest absolute Gasteiger partial charge is 0.472 e. The molecule has 1 N–H and O–H groups in total. The third-order valence-electron chi connectivity index (χ3n) is 8.67. The van der Waals surface area contributed by atoms with Crippen LogP contribution in [0, 0.1) is 13.8 Å². The molecule has 6 rings (SSSR count). The number of fused-ring (bicyclic) bond motifs is 2. The lowest BCUT2D eigenvalue weighted by molar-refractivity contribution is -0.125. The molecule has 1 amide bonds. The molecule has 2 aliphatic heterocycles. The zero-order valence-corrected chi connectivity index (χ0v) is 26.3. The Morgan fingerprint density at radius 1 is 1.14 bits per heavy atom. The molecule has 1 fully saturated rings. The quantitative estimate of drug-likeness (QED) is 0.300. The van der Waals surface area contributed by atoms with Gasteiger partial charge in [-0.2, -0.15) is 4.31 Å². The van der Waals surface area contributed by atoms with Crippen LogP contribution in [0.5, 0.6) is 5.88 Å². The maximum absolute atomic E-state index is 13.8. The minimum Gasteiger partial charge on any atom is -0.472 e. The number of rotatable bonds is 9. The number of ether oxygens (including phenoxy) is 2. The van der Waals surface area contributed by atoms with E-state index in [0.717, 1.165) is 38.9 Å². The first-order valence-electron chi connectivity index (χ1n) is 15.1. The number of carbonyl (C=O) groups is 1. The summed E-state index contributed by atoms with van der Waals surface area (Å²) in [7, 11) is -3.87. The van der Waals surface area contributed by atoms with Gasteiger partial charge in [-0.25, -0.2) is 18.1 Å². The maximum Gasteiger partial charge on any atom is 0.248 e. The van der Waals surface area contributed by atoms with Gasteiger partial charge in [0.15, 0.2) is 0 Å². The van der Waals surface area contributed by atoms with Crippen LogP contribution in [0.25, 0.3) is 11.0 Å². The Balaban J connectivity index is 1.38. The first-order chi connectivity index (χ1) is 21.2. The Kier molecular flexibility index (Phi) is 8.40. The van der Waals surface area contributed by atoms with Crippen LogP contribution in [0.3, 0.4) is 0 Å². The van der Waals surface area contributed by atoms with Gasteiger partial charge in [0.05, 0.1) is 31.3 Å². The van der Waals surface area contributed by atoms with E-state index in [2.05, 4.69) is 26.7 Å². The summed E-state index contributed by atoms with van der Waals surface area (Å²) >= 11 is 0. The molecule has 2 aromatic heterocycles. The normalized spacial score (nSPS) is 19.0. The number of nitrogens with one attached hydrogen (secondary N) is 1. The second-order valence-electron chi connectivity index (χ2n) is 11.5. The van der Waals surface area contributed by atoms with Crippen molar-refractivity contribution in [3.05, 3.63) is 76.5 Å². The fourth-order valence-corrected chi connectivity index (χ4v) is 7.46. The van der Waals surface area contributed by atoms with E-state index in [0.29, 0.717) is 26.2 Å². The van der Waals surface area contributed by atoms with Crippen molar-refractivity contribution >= 4 is 27.0 Å². The van der Waals surface area contributed by atoms with Crippen LogP contribution in [0.1, 0.15) is 60.4 Å². The molecular formula is C32H38N6O5S. The number of hydrogen-bond donors (Lipinski definition) is 1. The minimum atomic E-state index is -3.87. The molecule has 1 unspecified atom stereocenters. The molecule has 0 aliphatic carbocycles. The van der Waals surface area contributed by atoms with E-state index in [1.165, 1.54) is 4.31 Å². The number of pyridine rings is 1. The number of amides is 1. The molecule has 2 aromatic carbocycles. The zero-order chi connectivity index (χ0) is 31.0. The lowest BCUT2D eigenvalue weighted by Gasteiger charge is -2.28. The first kappa shape index (κ1) is 30.2. The van der Waals surface area contributed by atoms with Gasteiger partial charge in [0, 0.05) is 31.6 Å². The van der Waals surface area contributed by atoms with Crippen LogP contribution in [-0.2, 0) is 32.6 Å². The van der Waals surface area contributed by atoms with Gasteiger partial charge in [-0.3, -0.25) is 4.79 Å². The van der Waals surface area contributed by atoms with Crippen LogP contribution < -0.4 is 10.1 Å². The third kappa shape index (κ3) is 5.69. The number of carbonyl (C=O) groups excluding carboxylic acids is 1. The Bertz CT molecular complexity index is 1800. The molecular weight excluding hydrogens is 580 g/mol. The second kappa shape index (κ2) is 12.3.